The molecule has 3 rings (SSSR count). The zero-order valence-electron chi connectivity index (χ0n) is 11.3. The maximum Gasteiger partial charge on any atom is 0.161 e. The Morgan fingerprint density at radius 2 is 1.52 bits per heavy atom. The molecule has 0 amide bonds. The minimum Gasteiger partial charge on any atom is -0.490 e. The lowest BCUT2D eigenvalue weighted by Crippen LogP contribution is -2.12. The van der Waals surface area contributed by atoms with E-state index >= 15 is 0 Å². The number of rotatable bonds is 2. The maximum atomic E-state index is 6.39. The number of hydrogen-bond donors (Lipinski definition) is 1. The average Bonchev–Trinajstić information content (AvgIpc) is 2.69. The van der Waals surface area contributed by atoms with Crippen molar-refractivity contribution in [3.05, 3.63) is 56.5 Å². The van der Waals surface area contributed by atoms with Gasteiger partial charge in [-0.3, -0.25) is 0 Å². The van der Waals surface area contributed by atoms with Crippen LogP contribution in [0.2, 0.25) is 0 Å². The summed E-state index contributed by atoms with van der Waals surface area (Å²) in [6, 6.07) is 11.7. The fourth-order valence-electron chi connectivity index (χ4n) is 2.32. The monoisotopic (exact) mass is 411 g/mol. The van der Waals surface area contributed by atoms with E-state index in [1.807, 2.05) is 36.4 Å². The number of ether oxygens (including phenoxy) is 2. The molecule has 2 aromatic rings. The zero-order valence-corrected chi connectivity index (χ0v) is 14.5. The van der Waals surface area contributed by atoms with Crippen molar-refractivity contribution in [3.8, 4) is 11.5 Å². The molecular weight excluding hydrogens is 398 g/mol. The van der Waals surface area contributed by atoms with Crippen molar-refractivity contribution >= 4 is 31.9 Å². The van der Waals surface area contributed by atoms with Gasteiger partial charge in [-0.25, -0.2) is 0 Å². The third kappa shape index (κ3) is 3.42. The molecule has 21 heavy (non-hydrogen) atoms. The van der Waals surface area contributed by atoms with E-state index in [1.54, 1.807) is 0 Å². The van der Waals surface area contributed by atoms with Crippen LogP contribution in [0.5, 0.6) is 11.5 Å². The van der Waals surface area contributed by atoms with Crippen LogP contribution in [-0.2, 0) is 0 Å². The molecule has 5 heteroatoms. The fourth-order valence-corrected chi connectivity index (χ4v) is 3.65. The van der Waals surface area contributed by atoms with Crippen LogP contribution in [0.4, 0.5) is 0 Å². The molecule has 0 aromatic heterocycles. The van der Waals surface area contributed by atoms with E-state index in [-0.39, 0.29) is 6.04 Å². The molecule has 0 bridgehead atoms. The van der Waals surface area contributed by atoms with E-state index in [0.717, 1.165) is 38.0 Å². The molecule has 1 unspecified atom stereocenters. The summed E-state index contributed by atoms with van der Waals surface area (Å²) in [4.78, 5) is 0. The first-order valence-electron chi connectivity index (χ1n) is 6.74. The van der Waals surface area contributed by atoms with Crippen LogP contribution < -0.4 is 15.2 Å². The van der Waals surface area contributed by atoms with Crippen LogP contribution in [-0.4, -0.2) is 13.2 Å². The van der Waals surface area contributed by atoms with Crippen LogP contribution in [0.15, 0.2) is 45.3 Å². The Bertz CT molecular complexity index is 640. The number of benzene rings is 2. The van der Waals surface area contributed by atoms with Gasteiger partial charge in [-0.2, -0.15) is 0 Å². The van der Waals surface area contributed by atoms with Gasteiger partial charge in [0.25, 0.3) is 0 Å². The predicted octanol–water partition coefficient (Wildman–Crippen LogP) is 4.42. The van der Waals surface area contributed by atoms with E-state index in [4.69, 9.17) is 15.2 Å². The van der Waals surface area contributed by atoms with Crippen molar-refractivity contribution in [1.82, 2.24) is 0 Å². The smallest absolute Gasteiger partial charge is 0.161 e. The van der Waals surface area contributed by atoms with E-state index < -0.39 is 0 Å². The highest BCUT2D eigenvalue weighted by Gasteiger charge is 2.15. The predicted molar refractivity (Wildman–Crippen MR) is 89.9 cm³/mol. The maximum absolute atomic E-state index is 6.39. The van der Waals surface area contributed by atoms with Crippen LogP contribution in [0.25, 0.3) is 0 Å². The summed E-state index contributed by atoms with van der Waals surface area (Å²) < 4.78 is 13.4. The van der Waals surface area contributed by atoms with Crippen LogP contribution in [0.1, 0.15) is 23.6 Å². The second kappa shape index (κ2) is 6.38. The molecule has 0 fully saturated rings. The normalized spacial score (nSPS) is 15.4. The van der Waals surface area contributed by atoms with Crippen LogP contribution >= 0.6 is 31.9 Å². The second-order valence-corrected chi connectivity index (χ2v) is 6.77. The van der Waals surface area contributed by atoms with Crippen molar-refractivity contribution in [2.45, 2.75) is 12.5 Å². The number of nitrogens with two attached hydrogens (primary N) is 1. The van der Waals surface area contributed by atoms with Crippen molar-refractivity contribution in [1.29, 1.82) is 0 Å². The lowest BCUT2D eigenvalue weighted by Gasteiger charge is -2.16. The highest BCUT2D eigenvalue weighted by Crippen LogP contribution is 2.34. The largest absolute Gasteiger partial charge is 0.490 e. The molecule has 2 N–H and O–H groups in total. The molecule has 110 valence electrons. The Labute approximate surface area is 140 Å². The molecule has 0 spiro atoms. The van der Waals surface area contributed by atoms with Gasteiger partial charge in [-0.15, -0.1) is 0 Å². The topological polar surface area (TPSA) is 44.5 Å². The van der Waals surface area contributed by atoms with Gasteiger partial charge in [0, 0.05) is 15.4 Å². The summed E-state index contributed by atoms with van der Waals surface area (Å²) in [5.41, 5.74) is 8.43. The molecule has 0 radical (unpaired) electrons. The van der Waals surface area contributed by atoms with Crippen molar-refractivity contribution in [3.63, 3.8) is 0 Å². The van der Waals surface area contributed by atoms with E-state index in [1.165, 1.54) is 0 Å². The molecule has 2 aromatic carbocycles. The van der Waals surface area contributed by atoms with E-state index in [9.17, 15) is 0 Å². The summed E-state index contributed by atoms with van der Waals surface area (Å²) in [5.74, 6) is 1.56. The first-order chi connectivity index (χ1) is 10.1. The number of fused-ring (bicyclic) bond motifs is 1. The Hall–Kier alpha value is -1.04. The molecule has 3 nitrogen and oxygen atoms in total. The summed E-state index contributed by atoms with van der Waals surface area (Å²) in [5, 5.41) is 0. The van der Waals surface area contributed by atoms with Gasteiger partial charge >= 0.3 is 0 Å². The summed E-state index contributed by atoms with van der Waals surface area (Å²) in [6.07, 6.45) is 0.897. The van der Waals surface area contributed by atoms with Gasteiger partial charge in [0.1, 0.15) is 0 Å². The standard InChI is InChI=1S/C16H15Br2NO2/c17-12-6-11(7-13(18)9-12)16(19)10-2-3-14-15(8-10)21-5-1-4-20-14/h2-3,6-9,16H,1,4-5,19H2. The highest BCUT2D eigenvalue weighted by molar-refractivity contribution is 9.11. The fraction of sp³-hybridized carbons (Fsp3) is 0.250. The van der Waals surface area contributed by atoms with Gasteiger partial charge in [0.15, 0.2) is 11.5 Å². The first kappa shape index (κ1) is 14.9. The molecular formula is C16H15Br2NO2. The third-order valence-electron chi connectivity index (χ3n) is 3.37. The second-order valence-electron chi connectivity index (χ2n) is 4.94. The van der Waals surface area contributed by atoms with Gasteiger partial charge in [-0.05, 0) is 41.5 Å². The van der Waals surface area contributed by atoms with Crippen molar-refractivity contribution in [2.75, 3.05) is 13.2 Å². The number of halogens is 2. The zero-order chi connectivity index (χ0) is 14.8. The Balaban J connectivity index is 1.94. The van der Waals surface area contributed by atoms with Gasteiger partial charge in [0.05, 0.1) is 19.3 Å². The highest BCUT2D eigenvalue weighted by atomic mass is 79.9. The lowest BCUT2D eigenvalue weighted by atomic mass is 9.99. The Kier molecular flexibility index (Phi) is 4.52. The van der Waals surface area contributed by atoms with Gasteiger partial charge < -0.3 is 15.2 Å². The Morgan fingerprint density at radius 3 is 2.24 bits per heavy atom. The molecule has 1 aliphatic heterocycles. The SMILES string of the molecule is NC(c1cc(Br)cc(Br)c1)c1ccc2c(c1)OCCCO2. The molecule has 0 aliphatic carbocycles. The minimum absolute atomic E-state index is 0.212. The van der Waals surface area contributed by atoms with Gasteiger partial charge in [0.2, 0.25) is 0 Å². The summed E-state index contributed by atoms with van der Waals surface area (Å²) in [7, 11) is 0. The summed E-state index contributed by atoms with van der Waals surface area (Å²) in [6.45, 7) is 1.37. The molecule has 1 heterocycles. The lowest BCUT2D eigenvalue weighted by molar-refractivity contribution is 0.297. The van der Waals surface area contributed by atoms with Gasteiger partial charge in [-0.1, -0.05) is 37.9 Å². The quantitative estimate of drug-likeness (QED) is 0.793. The first-order valence-corrected chi connectivity index (χ1v) is 8.33. The third-order valence-corrected chi connectivity index (χ3v) is 4.29. The Morgan fingerprint density at radius 1 is 0.857 bits per heavy atom. The minimum atomic E-state index is -0.212. The van der Waals surface area contributed by atoms with Crippen molar-refractivity contribution in [2.24, 2.45) is 5.73 Å². The average molecular weight is 413 g/mol. The number of hydrogen-bond acceptors (Lipinski definition) is 3. The molecule has 0 saturated heterocycles. The van der Waals surface area contributed by atoms with E-state index in [2.05, 4.69) is 31.9 Å². The summed E-state index contributed by atoms with van der Waals surface area (Å²) >= 11 is 6.99. The van der Waals surface area contributed by atoms with E-state index in [0.29, 0.717) is 13.2 Å². The van der Waals surface area contributed by atoms with Crippen molar-refractivity contribution < 1.29 is 9.47 Å². The van der Waals surface area contributed by atoms with Crippen LogP contribution in [0, 0.1) is 0 Å². The van der Waals surface area contributed by atoms with Crippen LogP contribution in [0.3, 0.4) is 0 Å². The molecule has 1 atom stereocenters. The molecule has 0 saturated carbocycles. The molecule has 1 aliphatic rings.